The number of hydrogen-bond acceptors (Lipinski definition) is 2. The first-order chi connectivity index (χ1) is 12.0. The van der Waals surface area contributed by atoms with E-state index in [4.69, 9.17) is 4.74 Å². The van der Waals surface area contributed by atoms with Gasteiger partial charge in [0.05, 0.1) is 12.0 Å². The van der Waals surface area contributed by atoms with E-state index in [1.807, 2.05) is 23.2 Å². The molecule has 0 spiro atoms. The van der Waals surface area contributed by atoms with Crippen molar-refractivity contribution >= 4 is 8.07 Å². The van der Waals surface area contributed by atoms with Gasteiger partial charge in [0.2, 0.25) is 0 Å². The summed E-state index contributed by atoms with van der Waals surface area (Å²) in [5.74, 6) is 0. The molecule has 0 fully saturated rings. The molecule has 0 saturated carbocycles. The van der Waals surface area contributed by atoms with Crippen molar-refractivity contribution in [2.24, 2.45) is 0 Å². The van der Waals surface area contributed by atoms with E-state index in [1.165, 1.54) is 17.2 Å². The number of nitrogens with zero attached hydrogens (tertiary/aromatic N) is 2. The van der Waals surface area contributed by atoms with Crippen LogP contribution in [0, 0.1) is 0 Å². The molecule has 25 heavy (non-hydrogen) atoms. The number of aromatic nitrogens is 2. The highest BCUT2D eigenvalue weighted by molar-refractivity contribution is 6.76. The van der Waals surface area contributed by atoms with Gasteiger partial charge in [0, 0.05) is 26.4 Å². The van der Waals surface area contributed by atoms with E-state index in [-0.39, 0.29) is 0 Å². The van der Waals surface area contributed by atoms with Crippen molar-refractivity contribution in [1.82, 2.24) is 9.55 Å². The Balaban J connectivity index is 1.60. The summed E-state index contributed by atoms with van der Waals surface area (Å²) in [6, 6.07) is 20.2. The molecule has 0 amide bonds. The zero-order valence-corrected chi connectivity index (χ0v) is 16.3. The van der Waals surface area contributed by atoms with Gasteiger partial charge in [-0.05, 0) is 17.2 Å². The summed E-state index contributed by atoms with van der Waals surface area (Å²) in [6.07, 6.45) is 3.89. The number of rotatable bonds is 7. The summed E-state index contributed by atoms with van der Waals surface area (Å²) in [5, 5.41) is 0. The van der Waals surface area contributed by atoms with E-state index in [0.29, 0.717) is 6.73 Å². The summed E-state index contributed by atoms with van der Waals surface area (Å²) in [4.78, 5) is 4.51. The summed E-state index contributed by atoms with van der Waals surface area (Å²) >= 11 is 0. The average Bonchev–Trinajstić information content (AvgIpc) is 3.08. The smallest absolute Gasteiger partial charge is 0.123 e. The molecule has 0 saturated heterocycles. The van der Waals surface area contributed by atoms with Gasteiger partial charge in [-0.3, -0.25) is 0 Å². The Morgan fingerprint density at radius 3 is 2.20 bits per heavy atom. The van der Waals surface area contributed by atoms with Crippen molar-refractivity contribution in [1.29, 1.82) is 0 Å². The zero-order chi connectivity index (χ0) is 17.7. The van der Waals surface area contributed by atoms with Gasteiger partial charge in [-0.25, -0.2) is 4.98 Å². The number of benzene rings is 2. The van der Waals surface area contributed by atoms with Crippen molar-refractivity contribution in [2.75, 3.05) is 6.61 Å². The van der Waals surface area contributed by atoms with Crippen LogP contribution in [0.2, 0.25) is 25.7 Å². The minimum atomic E-state index is -1.03. The second kappa shape index (κ2) is 7.81. The van der Waals surface area contributed by atoms with E-state index >= 15 is 0 Å². The Morgan fingerprint density at radius 2 is 1.52 bits per heavy atom. The van der Waals surface area contributed by atoms with Gasteiger partial charge in [-0.15, -0.1) is 0 Å². The third-order valence-corrected chi connectivity index (χ3v) is 5.86. The fraction of sp³-hybridized carbons (Fsp3) is 0.286. The van der Waals surface area contributed by atoms with Crippen LogP contribution in [-0.2, 0) is 11.5 Å². The van der Waals surface area contributed by atoms with Crippen molar-refractivity contribution in [3.8, 4) is 22.4 Å². The topological polar surface area (TPSA) is 27.1 Å². The van der Waals surface area contributed by atoms with Crippen molar-refractivity contribution in [3.05, 3.63) is 67.1 Å². The molecule has 1 heterocycles. The van der Waals surface area contributed by atoms with Crippen LogP contribution in [0.3, 0.4) is 0 Å². The van der Waals surface area contributed by atoms with Crippen molar-refractivity contribution in [2.45, 2.75) is 32.4 Å². The zero-order valence-electron chi connectivity index (χ0n) is 15.3. The van der Waals surface area contributed by atoms with Gasteiger partial charge >= 0.3 is 0 Å². The third-order valence-electron chi connectivity index (χ3n) is 4.16. The van der Waals surface area contributed by atoms with E-state index in [2.05, 4.69) is 73.2 Å². The van der Waals surface area contributed by atoms with Gasteiger partial charge in [0.25, 0.3) is 0 Å². The highest BCUT2D eigenvalue weighted by Crippen LogP contribution is 2.23. The predicted molar refractivity (Wildman–Crippen MR) is 107 cm³/mol. The highest BCUT2D eigenvalue weighted by Gasteiger charge is 2.12. The second-order valence-electron chi connectivity index (χ2n) is 7.56. The molecule has 0 aliphatic heterocycles. The van der Waals surface area contributed by atoms with Gasteiger partial charge in [0.15, 0.2) is 0 Å². The van der Waals surface area contributed by atoms with Crippen LogP contribution in [0.4, 0.5) is 0 Å². The fourth-order valence-electron chi connectivity index (χ4n) is 2.59. The van der Waals surface area contributed by atoms with Gasteiger partial charge in [0.1, 0.15) is 6.73 Å². The minimum absolute atomic E-state index is 0.569. The van der Waals surface area contributed by atoms with Crippen LogP contribution in [0.5, 0.6) is 0 Å². The summed E-state index contributed by atoms with van der Waals surface area (Å²) < 4.78 is 7.78. The predicted octanol–water partition coefficient (Wildman–Crippen LogP) is 5.53. The van der Waals surface area contributed by atoms with Crippen LogP contribution in [0.15, 0.2) is 67.1 Å². The maximum Gasteiger partial charge on any atom is 0.123 e. The standard InChI is InChI=1S/C21H26N2OSi/c1-25(2,3)14-13-24-17-23-15-21(22-16-23)20-11-9-19(10-12-20)18-7-5-4-6-8-18/h4-12,15-16H,13-14,17H2,1-3H3. The largest absolute Gasteiger partial charge is 0.361 e. The number of hydrogen-bond donors (Lipinski definition) is 0. The lowest BCUT2D eigenvalue weighted by molar-refractivity contribution is 0.0872. The minimum Gasteiger partial charge on any atom is -0.361 e. The molecule has 0 bridgehead atoms. The van der Waals surface area contributed by atoms with E-state index in [0.717, 1.165) is 17.9 Å². The van der Waals surface area contributed by atoms with E-state index in [1.54, 1.807) is 0 Å². The summed E-state index contributed by atoms with van der Waals surface area (Å²) in [6.45, 7) is 8.49. The first-order valence-corrected chi connectivity index (χ1v) is 12.5. The third kappa shape index (κ3) is 5.15. The molecule has 2 aromatic carbocycles. The summed E-state index contributed by atoms with van der Waals surface area (Å²) in [5.41, 5.74) is 4.56. The van der Waals surface area contributed by atoms with Crippen LogP contribution in [0.25, 0.3) is 22.4 Å². The average molecular weight is 351 g/mol. The van der Waals surface area contributed by atoms with E-state index < -0.39 is 8.07 Å². The first-order valence-electron chi connectivity index (χ1n) is 8.77. The molecule has 0 aliphatic rings. The molecule has 3 rings (SSSR count). The molecule has 0 N–H and O–H groups in total. The van der Waals surface area contributed by atoms with Crippen LogP contribution in [-0.4, -0.2) is 24.2 Å². The van der Waals surface area contributed by atoms with E-state index in [9.17, 15) is 0 Å². The summed E-state index contributed by atoms with van der Waals surface area (Å²) in [7, 11) is -1.03. The maximum atomic E-state index is 5.78. The second-order valence-corrected chi connectivity index (χ2v) is 13.2. The van der Waals surface area contributed by atoms with Gasteiger partial charge in [-0.2, -0.15) is 0 Å². The number of ether oxygens (including phenoxy) is 1. The molecule has 1 aromatic heterocycles. The molecule has 0 radical (unpaired) electrons. The Kier molecular flexibility index (Phi) is 5.51. The molecule has 3 nitrogen and oxygen atoms in total. The maximum absolute atomic E-state index is 5.78. The lowest BCUT2D eigenvalue weighted by atomic mass is 10.0. The molecule has 130 valence electrons. The monoisotopic (exact) mass is 350 g/mol. The van der Waals surface area contributed by atoms with Gasteiger partial charge < -0.3 is 9.30 Å². The lowest BCUT2D eigenvalue weighted by Crippen LogP contribution is -2.21. The molecular formula is C21H26N2OSi. The quantitative estimate of drug-likeness (QED) is 0.414. The Hall–Kier alpha value is -2.17. The molecule has 4 heteroatoms. The SMILES string of the molecule is C[Si](C)(C)CCOCn1cnc(-c2ccc(-c3ccccc3)cc2)c1. The molecule has 0 atom stereocenters. The van der Waals surface area contributed by atoms with Crippen molar-refractivity contribution in [3.63, 3.8) is 0 Å². The van der Waals surface area contributed by atoms with Crippen LogP contribution >= 0.6 is 0 Å². The fourth-order valence-corrected chi connectivity index (χ4v) is 3.35. The Bertz CT molecular complexity index is 789. The van der Waals surface area contributed by atoms with Crippen molar-refractivity contribution < 1.29 is 4.74 Å². The van der Waals surface area contributed by atoms with Gasteiger partial charge in [-0.1, -0.05) is 74.2 Å². The molecular weight excluding hydrogens is 324 g/mol. The Morgan fingerprint density at radius 1 is 0.880 bits per heavy atom. The molecule has 3 aromatic rings. The lowest BCUT2D eigenvalue weighted by Gasteiger charge is -2.15. The molecule has 0 aliphatic carbocycles. The first kappa shape index (κ1) is 17.6. The molecule has 0 unspecified atom stereocenters. The normalized spacial score (nSPS) is 11.6. The Labute approximate surface area is 151 Å². The number of imidazole rings is 1. The van der Waals surface area contributed by atoms with Crippen LogP contribution < -0.4 is 0 Å². The highest BCUT2D eigenvalue weighted by atomic mass is 28.3. The van der Waals surface area contributed by atoms with Crippen LogP contribution in [0.1, 0.15) is 0 Å².